The average molecular weight is 327 g/mol. The van der Waals surface area contributed by atoms with E-state index < -0.39 is 17.6 Å². The number of amides is 2. The van der Waals surface area contributed by atoms with Crippen LogP contribution in [0.2, 0.25) is 0 Å². The summed E-state index contributed by atoms with van der Waals surface area (Å²) in [6.07, 6.45) is 1.49. The maximum atomic E-state index is 12.5. The molecule has 0 saturated carbocycles. The molecule has 2 heterocycles. The number of benzene rings is 1. The molecule has 24 heavy (non-hydrogen) atoms. The van der Waals surface area contributed by atoms with Gasteiger partial charge in [-0.2, -0.15) is 0 Å². The van der Waals surface area contributed by atoms with E-state index in [1.54, 1.807) is 36.4 Å². The number of aliphatic hydroxyl groups excluding tert-OH is 1. The fraction of sp³-hybridized carbons (Fsp3) is 0.222. The molecule has 124 valence electrons. The summed E-state index contributed by atoms with van der Waals surface area (Å²) in [7, 11) is 0. The van der Waals surface area contributed by atoms with E-state index in [0.29, 0.717) is 17.1 Å². The third-order valence-electron chi connectivity index (χ3n) is 3.55. The van der Waals surface area contributed by atoms with Crippen molar-refractivity contribution in [1.29, 1.82) is 0 Å². The Morgan fingerprint density at radius 2 is 1.83 bits per heavy atom. The highest BCUT2D eigenvalue weighted by atomic mass is 16.5. The van der Waals surface area contributed by atoms with E-state index in [2.05, 4.69) is 0 Å². The van der Waals surface area contributed by atoms with Crippen LogP contribution in [0.3, 0.4) is 0 Å². The molecule has 0 radical (unpaired) electrons. The molecule has 1 aromatic heterocycles. The van der Waals surface area contributed by atoms with Crippen LogP contribution >= 0.6 is 0 Å². The first-order chi connectivity index (χ1) is 11.5. The van der Waals surface area contributed by atoms with Crippen molar-refractivity contribution in [2.75, 3.05) is 0 Å². The smallest absolute Gasteiger partial charge is 0.296 e. The van der Waals surface area contributed by atoms with Crippen LogP contribution < -0.4 is 4.74 Å². The summed E-state index contributed by atoms with van der Waals surface area (Å²) in [6, 6.07) is 10.0. The summed E-state index contributed by atoms with van der Waals surface area (Å²) in [6.45, 7) is 3.80. The van der Waals surface area contributed by atoms with Crippen molar-refractivity contribution in [3.05, 3.63) is 59.7 Å². The summed E-state index contributed by atoms with van der Waals surface area (Å²) >= 11 is 0. The second-order valence-corrected chi connectivity index (χ2v) is 5.69. The first-order valence-corrected chi connectivity index (χ1v) is 7.56. The van der Waals surface area contributed by atoms with Gasteiger partial charge >= 0.3 is 0 Å². The van der Waals surface area contributed by atoms with E-state index in [1.165, 1.54) is 6.26 Å². The molecule has 6 heteroatoms. The van der Waals surface area contributed by atoms with E-state index in [1.807, 2.05) is 13.8 Å². The van der Waals surface area contributed by atoms with Crippen LogP contribution in [-0.2, 0) is 16.1 Å². The Balaban J connectivity index is 1.84. The van der Waals surface area contributed by atoms with Crippen molar-refractivity contribution in [2.24, 2.45) is 0 Å². The Morgan fingerprint density at radius 3 is 2.42 bits per heavy atom. The largest absolute Gasteiger partial charge is 0.502 e. The SMILES string of the molecule is CC(C)Oc1ccc(C2=C(O)C(=O)N(Cc3ccco3)C2=O)cc1. The van der Waals surface area contributed by atoms with Gasteiger partial charge in [0.2, 0.25) is 0 Å². The van der Waals surface area contributed by atoms with Crippen LogP contribution in [0.1, 0.15) is 25.2 Å². The third-order valence-corrected chi connectivity index (χ3v) is 3.55. The molecule has 2 amide bonds. The number of carbonyl (C=O) groups excluding carboxylic acids is 2. The molecule has 0 unspecified atom stereocenters. The monoisotopic (exact) mass is 327 g/mol. The van der Waals surface area contributed by atoms with Crippen molar-refractivity contribution < 1.29 is 23.8 Å². The molecule has 0 aliphatic carbocycles. The molecule has 2 aromatic rings. The van der Waals surface area contributed by atoms with Gasteiger partial charge in [0.05, 0.1) is 24.5 Å². The number of hydrogen-bond acceptors (Lipinski definition) is 5. The lowest BCUT2D eigenvalue weighted by atomic mass is 10.1. The second kappa shape index (κ2) is 6.23. The maximum absolute atomic E-state index is 12.5. The van der Waals surface area contributed by atoms with Crippen LogP contribution in [0.15, 0.2) is 52.8 Å². The quantitative estimate of drug-likeness (QED) is 0.854. The lowest BCUT2D eigenvalue weighted by Crippen LogP contribution is -2.30. The molecule has 3 rings (SSSR count). The Labute approximate surface area is 138 Å². The molecule has 1 aliphatic rings. The summed E-state index contributed by atoms with van der Waals surface area (Å²) < 4.78 is 10.7. The average Bonchev–Trinajstić information content (AvgIpc) is 3.12. The minimum Gasteiger partial charge on any atom is -0.502 e. The van der Waals surface area contributed by atoms with E-state index in [9.17, 15) is 14.7 Å². The van der Waals surface area contributed by atoms with Crippen LogP contribution in [-0.4, -0.2) is 27.9 Å². The summed E-state index contributed by atoms with van der Waals surface area (Å²) in [4.78, 5) is 25.7. The van der Waals surface area contributed by atoms with Gasteiger partial charge in [-0.05, 0) is 43.7 Å². The van der Waals surface area contributed by atoms with Crippen molar-refractivity contribution in [2.45, 2.75) is 26.5 Å². The normalized spacial score (nSPS) is 14.9. The first kappa shape index (κ1) is 15.9. The molecule has 0 atom stereocenters. The number of furan rings is 1. The molecule has 1 aliphatic heterocycles. The first-order valence-electron chi connectivity index (χ1n) is 7.56. The van der Waals surface area contributed by atoms with Gasteiger partial charge in [-0.3, -0.25) is 14.5 Å². The molecule has 0 fully saturated rings. The van der Waals surface area contributed by atoms with Crippen molar-refractivity contribution in [3.8, 4) is 5.75 Å². The van der Waals surface area contributed by atoms with Crippen molar-refractivity contribution >= 4 is 17.4 Å². The zero-order valence-corrected chi connectivity index (χ0v) is 13.4. The highest BCUT2D eigenvalue weighted by molar-refractivity contribution is 6.34. The lowest BCUT2D eigenvalue weighted by molar-refractivity contribution is -0.139. The van der Waals surface area contributed by atoms with Gasteiger partial charge in [-0.25, -0.2) is 0 Å². The Kier molecular flexibility index (Phi) is 4.12. The van der Waals surface area contributed by atoms with E-state index in [0.717, 1.165) is 4.90 Å². The molecule has 0 bridgehead atoms. The Hall–Kier alpha value is -3.02. The van der Waals surface area contributed by atoms with E-state index in [-0.39, 0.29) is 18.2 Å². The van der Waals surface area contributed by atoms with Gasteiger partial charge in [-0.1, -0.05) is 12.1 Å². The molecule has 6 nitrogen and oxygen atoms in total. The molecular formula is C18H17NO5. The van der Waals surface area contributed by atoms with Crippen LogP contribution in [0.25, 0.3) is 5.57 Å². The fourth-order valence-electron chi connectivity index (χ4n) is 2.50. The van der Waals surface area contributed by atoms with Gasteiger partial charge in [0.25, 0.3) is 11.8 Å². The number of nitrogens with zero attached hydrogens (tertiary/aromatic N) is 1. The van der Waals surface area contributed by atoms with Gasteiger partial charge in [0, 0.05) is 0 Å². The highest BCUT2D eigenvalue weighted by Gasteiger charge is 2.39. The zero-order valence-electron chi connectivity index (χ0n) is 13.4. The van der Waals surface area contributed by atoms with E-state index >= 15 is 0 Å². The molecule has 0 saturated heterocycles. The number of hydrogen-bond donors (Lipinski definition) is 1. The molecule has 0 spiro atoms. The number of aliphatic hydroxyl groups is 1. The number of rotatable bonds is 5. The number of ether oxygens (including phenoxy) is 1. The lowest BCUT2D eigenvalue weighted by Gasteiger charge is -2.13. The topological polar surface area (TPSA) is 80.0 Å². The van der Waals surface area contributed by atoms with Crippen LogP contribution in [0.4, 0.5) is 0 Å². The Bertz CT molecular complexity index is 787. The number of carbonyl (C=O) groups is 2. The fourth-order valence-corrected chi connectivity index (χ4v) is 2.50. The minimum absolute atomic E-state index is 0.0114. The van der Waals surface area contributed by atoms with Gasteiger partial charge in [0.1, 0.15) is 11.5 Å². The van der Waals surface area contributed by atoms with Gasteiger partial charge in [0.15, 0.2) is 5.76 Å². The van der Waals surface area contributed by atoms with Crippen LogP contribution in [0.5, 0.6) is 5.75 Å². The van der Waals surface area contributed by atoms with Crippen molar-refractivity contribution in [3.63, 3.8) is 0 Å². The van der Waals surface area contributed by atoms with Gasteiger partial charge < -0.3 is 14.3 Å². The molecular weight excluding hydrogens is 310 g/mol. The standard InChI is InChI=1S/C18H17NO5/c1-11(2)24-13-7-5-12(6-8-13)15-16(20)18(22)19(17(15)21)10-14-4-3-9-23-14/h3-9,11,20H,10H2,1-2H3. The minimum atomic E-state index is -0.728. The predicted molar refractivity (Wildman–Crippen MR) is 86.0 cm³/mol. The second-order valence-electron chi connectivity index (χ2n) is 5.69. The summed E-state index contributed by atoms with van der Waals surface area (Å²) in [5.74, 6) is -0.714. The third kappa shape index (κ3) is 2.90. The highest BCUT2D eigenvalue weighted by Crippen LogP contribution is 2.30. The predicted octanol–water partition coefficient (Wildman–Crippen LogP) is 2.90. The van der Waals surface area contributed by atoms with Crippen molar-refractivity contribution in [1.82, 2.24) is 4.90 Å². The molecule has 1 N–H and O–H groups in total. The number of imide groups is 1. The summed E-state index contributed by atoms with van der Waals surface area (Å²) in [5, 5.41) is 10.1. The summed E-state index contributed by atoms with van der Waals surface area (Å²) in [5.41, 5.74) is 0.451. The maximum Gasteiger partial charge on any atom is 0.296 e. The Morgan fingerprint density at radius 1 is 1.12 bits per heavy atom. The zero-order chi connectivity index (χ0) is 17.3. The molecule has 1 aromatic carbocycles. The van der Waals surface area contributed by atoms with Gasteiger partial charge in [-0.15, -0.1) is 0 Å². The van der Waals surface area contributed by atoms with E-state index in [4.69, 9.17) is 9.15 Å². The van der Waals surface area contributed by atoms with Crippen LogP contribution in [0, 0.1) is 0 Å².